The third-order valence-electron chi connectivity index (χ3n) is 4.45. The van der Waals surface area contributed by atoms with E-state index in [0.29, 0.717) is 32.0 Å². The molecular weight excluding hydrogens is 457 g/mol. The van der Waals surface area contributed by atoms with Crippen LogP contribution >= 0.6 is 35.0 Å². The fourth-order valence-corrected chi connectivity index (χ4v) is 4.10. The van der Waals surface area contributed by atoms with Crippen LogP contribution in [0.25, 0.3) is 22.2 Å². The molecule has 0 unspecified atom stereocenters. The van der Waals surface area contributed by atoms with E-state index in [1.807, 2.05) is 18.2 Å². The van der Waals surface area contributed by atoms with Crippen molar-refractivity contribution >= 4 is 63.6 Å². The Bertz CT molecular complexity index is 1290. The SMILES string of the molecule is O=C(O)CSc1nc2cc(-c3ccc(NC(=O)c4ccccc4Cl)cc3)c(Cl)cc2[nH]1. The predicted molar refractivity (Wildman–Crippen MR) is 124 cm³/mol. The first-order valence-electron chi connectivity index (χ1n) is 9.11. The van der Waals surface area contributed by atoms with Crippen LogP contribution in [0.15, 0.2) is 65.8 Å². The molecular formula is C22H15Cl2N3O3S. The molecule has 0 atom stereocenters. The molecule has 0 radical (unpaired) electrons. The van der Waals surface area contributed by atoms with Crippen LogP contribution in [-0.4, -0.2) is 32.7 Å². The number of H-pyrrole nitrogens is 1. The highest BCUT2D eigenvalue weighted by molar-refractivity contribution is 7.99. The number of aromatic nitrogens is 2. The van der Waals surface area contributed by atoms with Gasteiger partial charge in [-0.3, -0.25) is 9.59 Å². The van der Waals surface area contributed by atoms with E-state index in [0.717, 1.165) is 28.4 Å². The quantitative estimate of drug-likeness (QED) is 0.301. The van der Waals surface area contributed by atoms with Gasteiger partial charge in [0.05, 0.1) is 32.4 Å². The molecule has 9 heteroatoms. The number of carboxylic acids is 1. The molecule has 1 amide bonds. The van der Waals surface area contributed by atoms with Crippen LogP contribution in [-0.2, 0) is 4.79 Å². The number of hydrogen-bond acceptors (Lipinski definition) is 4. The smallest absolute Gasteiger partial charge is 0.313 e. The number of amides is 1. The average molecular weight is 472 g/mol. The molecule has 0 aliphatic rings. The van der Waals surface area contributed by atoms with Crippen LogP contribution in [0.1, 0.15) is 10.4 Å². The zero-order valence-electron chi connectivity index (χ0n) is 15.9. The molecule has 0 spiro atoms. The maximum Gasteiger partial charge on any atom is 0.313 e. The fraction of sp³-hybridized carbons (Fsp3) is 0.0455. The maximum absolute atomic E-state index is 12.4. The van der Waals surface area contributed by atoms with E-state index in [4.69, 9.17) is 28.3 Å². The molecule has 0 saturated heterocycles. The summed E-state index contributed by atoms with van der Waals surface area (Å²) in [5.41, 5.74) is 4.06. The molecule has 3 aromatic carbocycles. The lowest BCUT2D eigenvalue weighted by Crippen LogP contribution is -2.12. The largest absolute Gasteiger partial charge is 0.481 e. The predicted octanol–water partition coefficient (Wildman–Crippen LogP) is 5.97. The van der Waals surface area contributed by atoms with Gasteiger partial charge in [-0.2, -0.15) is 0 Å². The Hall–Kier alpha value is -3.00. The number of imidazole rings is 1. The second kappa shape index (κ2) is 9.01. The highest BCUT2D eigenvalue weighted by Crippen LogP contribution is 2.33. The Morgan fingerprint density at radius 3 is 2.48 bits per heavy atom. The summed E-state index contributed by atoms with van der Waals surface area (Å²) < 4.78 is 0. The molecule has 0 saturated carbocycles. The molecule has 31 heavy (non-hydrogen) atoms. The molecule has 4 rings (SSSR count). The highest BCUT2D eigenvalue weighted by Gasteiger charge is 2.13. The third-order valence-corrected chi connectivity index (χ3v) is 5.95. The van der Waals surface area contributed by atoms with Crippen molar-refractivity contribution in [2.45, 2.75) is 5.16 Å². The van der Waals surface area contributed by atoms with Crippen molar-refractivity contribution in [2.24, 2.45) is 0 Å². The van der Waals surface area contributed by atoms with Crippen molar-refractivity contribution in [1.82, 2.24) is 9.97 Å². The number of benzene rings is 3. The number of anilines is 1. The van der Waals surface area contributed by atoms with Crippen LogP contribution in [0.4, 0.5) is 5.69 Å². The normalized spacial score (nSPS) is 10.9. The molecule has 0 fully saturated rings. The Morgan fingerprint density at radius 2 is 1.77 bits per heavy atom. The fourth-order valence-electron chi connectivity index (χ4n) is 3.00. The number of carbonyl (C=O) groups is 2. The first-order chi connectivity index (χ1) is 14.9. The highest BCUT2D eigenvalue weighted by atomic mass is 35.5. The number of carbonyl (C=O) groups excluding carboxylic acids is 1. The summed E-state index contributed by atoms with van der Waals surface area (Å²) in [6, 6.07) is 17.7. The zero-order chi connectivity index (χ0) is 22.0. The van der Waals surface area contributed by atoms with Gasteiger partial charge in [-0.15, -0.1) is 0 Å². The summed E-state index contributed by atoms with van der Waals surface area (Å²) in [7, 11) is 0. The Morgan fingerprint density at radius 1 is 1.03 bits per heavy atom. The van der Waals surface area contributed by atoms with Crippen LogP contribution in [0.3, 0.4) is 0 Å². The first-order valence-corrected chi connectivity index (χ1v) is 10.8. The summed E-state index contributed by atoms with van der Waals surface area (Å²) in [6.45, 7) is 0. The first kappa shape index (κ1) is 21.2. The van der Waals surface area contributed by atoms with Crippen molar-refractivity contribution in [1.29, 1.82) is 0 Å². The van der Waals surface area contributed by atoms with E-state index >= 15 is 0 Å². The second-order valence-electron chi connectivity index (χ2n) is 6.58. The van der Waals surface area contributed by atoms with Gasteiger partial charge < -0.3 is 15.4 Å². The van der Waals surface area contributed by atoms with Gasteiger partial charge in [0.1, 0.15) is 0 Å². The van der Waals surface area contributed by atoms with Gasteiger partial charge in [-0.25, -0.2) is 4.98 Å². The number of aromatic amines is 1. The van der Waals surface area contributed by atoms with Crippen molar-refractivity contribution in [3.63, 3.8) is 0 Å². The van der Waals surface area contributed by atoms with Gasteiger partial charge in [0.25, 0.3) is 5.91 Å². The lowest BCUT2D eigenvalue weighted by Gasteiger charge is -2.09. The number of carboxylic acid groups (broad SMARTS) is 1. The van der Waals surface area contributed by atoms with E-state index in [9.17, 15) is 9.59 Å². The van der Waals surface area contributed by atoms with Crippen LogP contribution in [0, 0.1) is 0 Å². The second-order valence-corrected chi connectivity index (χ2v) is 8.36. The molecule has 4 aromatic rings. The number of hydrogen-bond donors (Lipinski definition) is 3. The van der Waals surface area contributed by atoms with Crippen LogP contribution in [0.2, 0.25) is 10.0 Å². The topological polar surface area (TPSA) is 95.1 Å². The Balaban J connectivity index is 1.55. The third kappa shape index (κ3) is 4.85. The van der Waals surface area contributed by atoms with Crippen molar-refractivity contribution in [3.05, 3.63) is 76.3 Å². The summed E-state index contributed by atoms with van der Waals surface area (Å²) in [6.07, 6.45) is 0. The minimum Gasteiger partial charge on any atom is -0.481 e. The van der Waals surface area contributed by atoms with Crippen molar-refractivity contribution in [3.8, 4) is 11.1 Å². The van der Waals surface area contributed by atoms with E-state index in [-0.39, 0.29) is 11.7 Å². The van der Waals surface area contributed by atoms with Crippen LogP contribution < -0.4 is 5.32 Å². The molecule has 6 nitrogen and oxygen atoms in total. The number of fused-ring (bicyclic) bond motifs is 1. The van der Waals surface area contributed by atoms with E-state index < -0.39 is 5.97 Å². The molecule has 3 N–H and O–H groups in total. The summed E-state index contributed by atoms with van der Waals surface area (Å²) in [5, 5.41) is 13.1. The van der Waals surface area contributed by atoms with Gasteiger partial charge in [-0.1, -0.05) is 59.2 Å². The number of aliphatic carboxylic acids is 1. The van der Waals surface area contributed by atoms with Crippen LogP contribution in [0.5, 0.6) is 0 Å². The van der Waals surface area contributed by atoms with Gasteiger partial charge in [0.15, 0.2) is 5.16 Å². The Labute approximate surface area is 191 Å². The summed E-state index contributed by atoms with van der Waals surface area (Å²) >= 11 is 13.7. The molecule has 0 aliphatic carbocycles. The zero-order valence-corrected chi connectivity index (χ0v) is 18.2. The van der Waals surface area contributed by atoms with E-state index in [2.05, 4.69) is 15.3 Å². The summed E-state index contributed by atoms with van der Waals surface area (Å²) in [5.74, 6) is -1.28. The van der Waals surface area contributed by atoms with E-state index in [1.54, 1.807) is 42.5 Å². The molecule has 1 aromatic heterocycles. The molecule has 0 bridgehead atoms. The minimum absolute atomic E-state index is 0.0816. The lowest BCUT2D eigenvalue weighted by molar-refractivity contribution is -0.133. The maximum atomic E-state index is 12.4. The molecule has 1 heterocycles. The number of nitrogens with one attached hydrogen (secondary N) is 2. The summed E-state index contributed by atoms with van der Waals surface area (Å²) in [4.78, 5) is 30.7. The van der Waals surface area contributed by atoms with Crippen molar-refractivity contribution in [2.75, 3.05) is 11.1 Å². The van der Waals surface area contributed by atoms with Gasteiger partial charge in [0, 0.05) is 11.3 Å². The molecule has 0 aliphatic heterocycles. The lowest BCUT2D eigenvalue weighted by atomic mass is 10.0. The Kier molecular flexibility index (Phi) is 6.18. The standard InChI is InChI=1S/C22H15Cl2N3O3S/c23-16-4-2-1-3-14(16)21(30)25-13-7-5-12(6-8-13)15-9-18-19(10-17(15)24)27-22(26-18)31-11-20(28)29/h1-10H,11H2,(H,25,30)(H,26,27)(H,28,29). The van der Waals surface area contributed by atoms with Gasteiger partial charge >= 0.3 is 5.97 Å². The number of rotatable bonds is 6. The molecule has 156 valence electrons. The van der Waals surface area contributed by atoms with Gasteiger partial charge in [-0.05, 0) is 42.0 Å². The van der Waals surface area contributed by atoms with Gasteiger partial charge in [0.2, 0.25) is 0 Å². The number of thioether (sulfide) groups is 1. The number of halogens is 2. The number of nitrogens with zero attached hydrogens (tertiary/aromatic N) is 1. The average Bonchev–Trinajstić information content (AvgIpc) is 3.14. The minimum atomic E-state index is -0.911. The van der Waals surface area contributed by atoms with Crippen molar-refractivity contribution < 1.29 is 14.7 Å². The van der Waals surface area contributed by atoms with E-state index in [1.165, 1.54) is 0 Å². The monoisotopic (exact) mass is 471 g/mol.